The highest BCUT2D eigenvalue weighted by Crippen LogP contribution is 2.32. The summed E-state index contributed by atoms with van der Waals surface area (Å²) >= 11 is 6.01. The van der Waals surface area contributed by atoms with Crippen molar-refractivity contribution in [3.8, 4) is 33.6 Å². The van der Waals surface area contributed by atoms with Gasteiger partial charge in [-0.05, 0) is 35.4 Å². The SMILES string of the molecule is O=[N+]([O-])c1cccc(-c2cc(-c3ccc(Cl)cc3)cc(-c3cccc([N+](=O)[O-])c3)n2)c1. The van der Waals surface area contributed by atoms with Crippen molar-refractivity contribution in [1.82, 2.24) is 4.98 Å². The fraction of sp³-hybridized carbons (Fsp3) is 0. The third-order valence-electron chi connectivity index (χ3n) is 4.71. The van der Waals surface area contributed by atoms with Gasteiger partial charge in [-0.2, -0.15) is 0 Å². The van der Waals surface area contributed by atoms with E-state index in [0.29, 0.717) is 27.5 Å². The van der Waals surface area contributed by atoms with Crippen molar-refractivity contribution in [2.45, 2.75) is 0 Å². The number of pyridine rings is 1. The van der Waals surface area contributed by atoms with Crippen LogP contribution in [0, 0.1) is 20.2 Å². The lowest BCUT2D eigenvalue weighted by Crippen LogP contribution is -1.94. The first-order chi connectivity index (χ1) is 14.9. The molecule has 0 saturated heterocycles. The zero-order valence-electron chi connectivity index (χ0n) is 15.9. The van der Waals surface area contributed by atoms with E-state index >= 15 is 0 Å². The lowest BCUT2D eigenvalue weighted by molar-refractivity contribution is -0.385. The third kappa shape index (κ3) is 4.41. The fourth-order valence-electron chi connectivity index (χ4n) is 3.19. The summed E-state index contributed by atoms with van der Waals surface area (Å²) in [6, 6.07) is 23.3. The molecule has 0 spiro atoms. The maximum Gasteiger partial charge on any atom is 0.270 e. The van der Waals surface area contributed by atoms with Gasteiger partial charge < -0.3 is 0 Å². The van der Waals surface area contributed by atoms with E-state index in [4.69, 9.17) is 11.6 Å². The summed E-state index contributed by atoms with van der Waals surface area (Å²) in [5.74, 6) is 0. The van der Waals surface area contributed by atoms with Crippen molar-refractivity contribution >= 4 is 23.0 Å². The van der Waals surface area contributed by atoms with Gasteiger partial charge in [0.05, 0.1) is 21.2 Å². The Bertz CT molecular complexity index is 1230. The third-order valence-corrected chi connectivity index (χ3v) is 4.96. The van der Waals surface area contributed by atoms with E-state index in [1.165, 1.54) is 24.3 Å². The second-order valence-corrected chi connectivity index (χ2v) is 7.18. The molecule has 31 heavy (non-hydrogen) atoms. The second-order valence-electron chi connectivity index (χ2n) is 6.75. The monoisotopic (exact) mass is 431 g/mol. The van der Waals surface area contributed by atoms with Crippen LogP contribution < -0.4 is 0 Å². The lowest BCUT2D eigenvalue weighted by atomic mass is 9.99. The number of non-ortho nitro benzene ring substituents is 2. The quantitative estimate of drug-likeness (QED) is 0.263. The first-order valence-electron chi connectivity index (χ1n) is 9.18. The molecule has 3 aromatic carbocycles. The number of aromatic nitrogens is 1. The predicted octanol–water partition coefficient (Wildman–Crippen LogP) is 6.55. The van der Waals surface area contributed by atoms with Gasteiger partial charge >= 0.3 is 0 Å². The minimum atomic E-state index is -0.464. The lowest BCUT2D eigenvalue weighted by Gasteiger charge is -2.10. The molecule has 7 nitrogen and oxygen atoms in total. The summed E-state index contributed by atoms with van der Waals surface area (Å²) in [6.07, 6.45) is 0. The van der Waals surface area contributed by atoms with Gasteiger partial charge in [0.25, 0.3) is 11.4 Å². The Morgan fingerprint density at radius 2 is 1.10 bits per heavy atom. The number of rotatable bonds is 5. The van der Waals surface area contributed by atoms with Crippen LogP contribution in [0.2, 0.25) is 5.02 Å². The number of nitrogens with zero attached hydrogens (tertiary/aromatic N) is 3. The average Bonchev–Trinajstić information content (AvgIpc) is 2.79. The molecule has 0 aliphatic carbocycles. The molecule has 1 heterocycles. The van der Waals surface area contributed by atoms with Crippen LogP contribution in [-0.4, -0.2) is 14.8 Å². The number of nitro benzene ring substituents is 2. The largest absolute Gasteiger partial charge is 0.270 e. The standard InChI is InChI=1S/C23H14ClN3O4/c24-19-9-7-15(8-10-19)18-13-22(16-3-1-5-20(11-16)26(28)29)25-23(14-18)17-4-2-6-21(12-17)27(30)31/h1-14H. The van der Waals surface area contributed by atoms with Crippen LogP contribution in [0.25, 0.3) is 33.6 Å². The molecule has 0 unspecified atom stereocenters. The number of benzene rings is 3. The smallest absolute Gasteiger partial charge is 0.258 e. The number of hydrogen-bond acceptors (Lipinski definition) is 5. The molecule has 152 valence electrons. The van der Waals surface area contributed by atoms with Crippen molar-refractivity contribution in [1.29, 1.82) is 0 Å². The van der Waals surface area contributed by atoms with E-state index in [1.807, 2.05) is 24.3 Å². The van der Waals surface area contributed by atoms with E-state index in [2.05, 4.69) is 4.98 Å². The first-order valence-corrected chi connectivity index (χ1v) is 9.56. The van der Waals surface area contributed by atoms with Crippen LogP contribution in [0.5, 0.6) is 0 Å². The summed E-state index contributed by atoms with van der Waals surface area (Å²) in [4.78, 5) is 26.1. The molecule has 0 saturated carbocycles. The van der Waals surface area contributed by atoms with Gasteiger partial charge in [0.1, 0.15) is 0 Å². The zero-order valence-corrected chi connectivity index (χ0v) is 16.7. The molecular formula is C23H14ClN3O4. The number of halogens is 1. The van der Waals surface area contributed by atoms with Crippen LogP contribution in [0.3, 0.4) is 0 Å². The van der Waals surface area contributed by atoms with E-state index in [1.54, 1.807) is 36.4 Å². The molecule has 4 rings (SSSR count). The molecule has 0 N–H and O–H groups in total. The topological polar surface area (TPSA) is 99.2 Å². The minimum absolute atomic E-state index is 0.0481. The Balaban J connectivity index is 1.92. The maximum atomic E-state index is 11.2. The average molecular weight is 432 g/mol. The number of nitro groups is 2. The highest BCUT2D eigenvalue weighted by atomic mass is 35.5. The van der Waals surface area contributed by atoms with Crippen LogP contribution >= 0.6 is 11.6 Å². The van der Waals surface area contributed by atoms with Crippen molar-refractivity contribution in [3.63, 3.8) is 0 Å². The zero-order chi connectivity index (χ0) is 22.0. The summed E-state index contributed by atoms with van der Waals surface area (Å²) in [6.45, 7) is 0. The summed E-state index contributed by atoms with van der Waals surface area (Å²) in [5, 5.41) is 23.0. The molecule has 4 aromatic rings. The molecular weight excluding hydrogens is 418 g/mol. The van der Waals surface area contributed by atoms with Crippen LogP contribution in [-0.2, 0) is 0 Å². The summed E-state index contributed by atoms with van der Waals surface area (Å²) in [7, 11) is 0. The molecule has 0 radical (unpaired) electrons. The number of hydrogen-bond donors (Lipinski definition) is 0. The normalized spacial score (nSPS) is 10.6. The second kappa shape index (κ2) is 8.33. The van der Waals surface area contributed by atoms with Gasteiger partial charge in [0.15, 0.2) is 0 Å². The molecule has 0 amide bonds. The van der Waals surface area contributed by atoms with E-state index in [-0.39, 0.29) is 11.4 Å². The highest BCUT2D eigenvalue weighted by Gasteiger charge is 2.14. The first kappa shape index (κ1) is 20.2. The Morgan fingerprint density at radius 3 is 1.55 bits per heavy atom. The van der Waals surface area contributed by atoms with Gasteiger partial charge in [-0.3, -0.25) is 20.2 Å². The van der Waals surface area contributed by atoms with Gasteiger partial charge in [0.2, 0.25) is 0 Å². The van der Waals surface area contributed by atoms with E-state index < -0.39 is 9.85 Å². The predicted molar refractivity (Wildman–Crippen MR) is 119 cm³/mol. The van der Waals surface area contributed by atoms with Crippen molar-refractivity contribution in [2.75, 3.05) is 0 Å². The molecule has 8 heteroatoms. The van der Waals surface area contributed by atoms with Gasteiger partial charge in [-0.1, -0.05) is 48.0 Å². The van der Waals surface area contributed by atoms with Crippen LogP contribution in [0.15, 0.2) is 84.9 Å². The van der Waals surface area contributed by atoms with Crippen molar-refractivity contribution in [2.24, 2.45) is 0 Å². The molecule has 0 fully saturated rings. The van der Waals surface area contributed by atoms with Gasteiger partial charge in [-0.25, -0.2) is 4.98 Å². The van der Waals surface area contributed by atoms with Crippen molar-refractivity contribution < 1.29 is 9.85 Å². The minimum Gasteiger partial charge on any atom is -0.258 e. The van der Waals surface area contributed by atoms with E-state index in [0.717, 1.165) is 11.1 Å². The van der Waals surface area contributed by atoms with Crippen LogP contribution in [0.4, 0.5) is 11.4 Å². The maximum absolute atomic E-state index is 11.2. The fourth-order valence-corrected chi connectivity index (χ4v) is 3.32. The Kier molecular flexibility index (Phi) is 5.43. The summed E-state index contributed by atoms with van der Waals surface area (Å²) < 4.78 is 0. The Morgan fingerprint density at radius 1 is 0.613 bits per heavy atom. The van der Waals surface area contributed by atoms with Crippen molar-refractivity contribution in [3.05, 3.63) is 110 Å². The highest BCUT2D eigenvalue weighted by molar-refractivity contribution is 6.30. The van der Waals surface area contributed by atoms with E-state index in [9.17, 15) is 20.2 Å². The Labute approximate surface area is 181 Å². The molecule has 1 aromatic heterocycles. The molecule has 0 atom stereocenters. The Hall–Kier alpha value is -4.10. The van der Waals surface area contributed by atoms with Gasteiger partial charge in [0, 0.05) is 40.4 Å². The van der Waals surface area contributed by atoms with Gasteiger partial charge in [-0.15, -0.1) is 0 Å². The summed E-state index contributed by atoms with van der Waals surface area (Å²) in [5.41, 5.74) is 3.73. The van der Waals surface area contributed by atoms with Crippen LogP contribution in [0.1, 0.15) is 0 Å². The molecule has 0 bridgehead atoms. The molecule has 0 aliphatic heterocycles. The molecule has 0 aliphatic rings.